The number of methoxy groups -OCH3 is 1. The summed E-state index contributed by atoms with van der Waals surface area (Å²) < 4.78 is 11.7. The fourth-order valence-corrected chi connectivity index (χ4v) is 2.93. The number of ether oxygens (including phenoxy) is 2. The molecule has 24 heavy (non-hydrogen) atoms. The van der Waals surface area contributed by atoms with Gasteiger partial charge in [0, 0.05) is 9.11 Å². The van der Waals surface area contributed by atoms with E-state index in [1.165, 1.54) is 0 Å². The maximum absolute atomic E-state index is 12.7. The number of rotatable bonds is 4. The quantitative estimate of drug-likeness (QED) is 0.612. The molecular weight excluding hydrogens is 417 g/mol. The second kappa shape index (κ2) is 7.88. The van der Waals surface area contributed by atoms with Crippen molar-refractivity contribution >= 4 is 34.4 Å². The van der Waals surface area contributed by atoms with E-state index in [4.69, 9.17) is 9.47 Å². The van der Waals surface area contributed by atoms with Crippen molar-refractivity contribution in [3.63, 3.8) is 0 Å². The molecule has 0 radical (unpaired) electrons. The molecular formula is C19H22INO3. The Bertz CT molecular complexity index is 693. The molecule has 0 saturated carbocycles. The zero-order valence-corrected chi connectivity index (χ0v) is 16.5. The van der Waals surface area contributed by atoms with E-state index < -0.39 is 5.54 Å². The van der Waals surface area contributed by atoms with Crippen molar-refractivity contribution in [1.29, 1.82) is 0 Å². The number of benzene rings is 2. The van der Waals surface area contributed by atoms with Gasteiger partial charge in [0.2, 0.25) is 0 Å². The monoisotopic (exact) mass is 439 g/mol. The van der Waals surface area contributed by atoms with Gasteiger partial charge in [0.25, 0.3) is 0 Å². The minimum Gasteiger partial charge on any atom is -0.497 e. The highest BCUT2D eigenvalue weighted by Crippen LogP contribution is 2.29. The molecule has 0 fully saturated rings. The van der Waals surface area contributed by atoms with E-state index in [9.17, 15) is 4.79 Å². The number of amides is 1. The van der Waals surface area contributed by atoms with Gasteiger partial charge in [-0.1, -0.05) is 24.3 Å². The SMILES string of the molecule is COc1ccc(COC(=O)N(c2ccccc2I)C(C)(C)C)cc1. The average Bonchev–Trinajstić information content (AvgIpc) is 2.54. The Morgan fingerprint density at radius 1 is 1.08 bits per heavy atom. The summed E-state index contributed by atoms with van der Waals surface area (Å²) in [7, 11) is 1.62. The third-order valence-electron chi connectivity index (χ3n) is 3.47. The molecule has 4 nitrogen and oxygen atoms in total. The maximum Gasteiger partial charge on any atom is 0.415 e. The van der Waals surface area contributed by atoms with Crippen LogP contribution in [0.2, 0.25) is 0 Å². The van der Waals surface area contributed by atoms with Gasteiger partial charge in [0.1, 0.15) is 12.4 Å². The van der Waals surface area contributed by atoms with Crippen molar-refractivity contribution in [2.24, 2.45) is 0 Å². The first-order valence-corrected chi connectivity index (χ1v) is 8.75. The second-order valence-electron chi connectivity index (χ2n) is 6.36. The van der Waals surface area contributed by atoms with Crippen molar-refractivity contribution in [3.8, 4) is 5.75 Å². The molecule has 0 aromatic heterocycles. The summed E-state index contributed by atoms with van der Waals surface area (Å²) in [6.07, 6.45) is -0.359. The molecule has 0 aliphatic heterocycles. The molecule has 0 aliphatic carbocycles. The molecule has 2 aromatic rings. The molecule has 0 N–H and O–H groups in total. The van der Waals surface area contributed by atoms with Crippen LogP contribution in [-0.4, -0.2) is 18.7 Å². The number of hydrogen-bond acceptors (Lipinski definition) is 3. The Morgan fingerprint density at radius 2 is 1.71 bits per heavy atom. The van der Waals surface area contributed by atoms with Crippen molar-refractivity contribution in [3.05, 3.63) is 57.7 Å². The number of carbonyl (C=O) groups excluding carboxylic acids is 1. The topological polar surface area (TPSA) is 38.8 Å². The van der Waals surface area contributed by atoms with Crippen molar-refractivity contribution in [1.82, 2.24) is 0 Å². The molecule has 128 valence electrons. The molecule has 0 spiro atoms. The summed E-state index contributed by atoms with van der Waals surface area (Å²) in [5.41, 5.74) is 1.38. The second-order valence-corrected chi connectivity index (χ2v) is 7.52. The van der Waals surface area contributed by atoms with Crippen LogP contribution in [-0.2, 0) is 11.3 Å². The van der Waals surface area contributed by atoms with Gasteiger partial charge in [-0.2, -0.15) is 0 Å². The Morgan fingerprint density at radius 3 is 2.25 bits per heavy atom. The van der Waals surface area contributed by atoms with Crippen LogP contribution in [0.3, 0.4) is 0 Å². The first kappa shape index (κ1) is 18.6. The number of nitrogens with zero attached hydrogens (tertiary/aromatic N) is 1. The van der Waals surface area contributed by atoms with Crippen molar-refractivity contribution in [2.45, 2.75) is 32.9 Å². The largest absolute Gasteiger partial charge is 0.497 e. The lowest BCUT2D eigenvalue weighted by atomic mass is 10.1. The molecule has 0 unspecified atom stereocenters. The van der Waals surface area contributed by atoms with Gasteiger partial charge >= 0.3 is 6.09 Å². The summed E-state index contributed by atoms with van der Waals surface area (Å²) in [6, 6.07) is 15.3. The van der Waals surface area contributed by atoms with Gasteiger partial charge in [0.05, 0.1) is 12.8 Å². The Labute approximate surface area is 156 Å². The summed E-state index contributed by atoms with van der Waals surface area (Å²) >= 11 is 2.23. The Hall–Kier alpha value is -1.76. The number of carbonyl (C=O) groups is 1. The molecule has 0 heterocycles. The van der Waals surface area contributed by atoms with E-state index in [1.807, 2.05) is 69.3 Å². The minimum atomic E-state index is -0.391. The van der Waals surface area contributed by atoms with E-state index in [1.54, 1.807) is 12.0 Å². The maximum atomic E-state index is 12.7. The third kappa shape index (κ3) is 4.63. The highest BCUT2D eigenvalue weighted by atomic mass is 127. The van der Waals surface area contributed by atoms with Crippen LogP contribution in [0.4, 0.5) is 10.5 Å². The van der Waals surface area contributed by atoms with E-state index >= 15 is 0 Å². The third-order valence-corrected chi connectivity index (χ3v) is 4.38. The zero-order valence-electron chi connectivity index (χ0n) is 14.4. The lowest BCUT2D eigenvalue weighted by molar-refractivity contribution is 0.141. The Kier molecular flexibility index (Phi) is 6.10. The zero-order chi connectivity index (χ0) is 17.7. The van der Waals surface area contributed by atoms with Crippen LogP contribution in [0.1, 0.15) is 26.3 Å². The molecule has 0 atom stereocenters. The van der Waals surface area contributed by atoms with Gasteiger partial charge in [-0.25, -0.2) is 4.79 Å². The normalized spacial score (nSPS) is 11.0. The summed E-state index contributed by atoms with van der Waals surface area (Å²) in [6.45, 7) is 6.19. The van der Waals surface area contributed by atoms with Crippen molar-refractivity contribution in [2.75, 3.05) is 12.0 Å². The standard InChI is InChI=1S/C19H22INO3/c1-19(2,3)21(17-8-6-5-7-16(17)20)18(22)24-13-14-9-11-15(23-4)12-10-14/h5-12H,13H2,1-4H3. The first-order valence-electron chi connectivity index (χ1n) is 7.67. The van der Waals surface area contributed by atoms with Crippen LogP contribution < -0.4 is 9.64 Å². The van der Waals surface area contributed by atoms with Crippen LogP contribution in [0, 0.1) is 3.57 Å². The van der Waals surface area contributed by atoms with E-state index in [0.717, 1.165) is 20.6 Å². The average molecular weight is 439 g/mol. The highest BCUT2D eigenvalue weighted by molar-refractivity contribution is 14.1. The van der Waals surface area contributed by atoms with Crippen molar-refractivity contribution < 1.29 is 14.3 Å². The number of halogens is 1. The van der Waals surface area contributed by atoms with Gasteiger partial charge in [0.15, 0.2) is 0 Å². The lowest BCUT2D eigenvalue weighted by Gasteiger charge is -2.35. The van der Waals surface area contributed by atoms with Gasteiger partial charge in [-0.05, 0) is 73.2 Å². The summed E-state index contributed by atoms with van der Waals surface area (Å²) in [4.78, 5) is 14.4. The van der Waals surface area contributed by atoms with Crippen LogP contribution in [0.25, 0.3) is 0 Å². The fraction of sp³-hybridized carbons (Fsp3) is 0.316. The summed E-state index contributed by atoms with van der Waals surface area (Å²) in [5, 5.41) is 0. The minimum absolute atomic E-state index is 0.221. The van der Waals surface area contributed by atoms with Gasteiger partial charge < -0.3 is 9.47 Å². The molecule has 2 aromatic carbocycles. The predicted molar refractivity (Wildman–Crippen MR) is 105 cm³/mol. The van der Waals surface area contributed by atoms with E-state index in [0.29, 0.717) is 0 Å². The van der Waals surface area contributed by atoms with Crippen LogP contribution in [0.5, 0.6) is 5.75 Å². The van der Waals surface area contributed by atoms with Gasteiger partial charge in [-0.3, -0.25) is 4.90 Å². The van der Waals surface area contributed by atoms with Crippen LogP contribution >= 0.6 is 22.6 Å². The van der Waals surface area contributed by atoms with Crippen LogP contribution in [0.15, 0.2) is 48.5 Å². The molecule has 2 rings (SSSR count). The van der Waals surface area contributed by atoms with Gasteiger partial charge in [-0.15, -0.1) is 0 Å². The molecule has 0 aliphatic rings. The Balaban J connectivity index is 2.15. The smallest absolute Gasteiger partial charge is 0.415 e. The molecule has 0 bridgehead atoms. The molecule has 5 heteroatoms. The number of para-hydroxylation sites is 1. The lowest BCUT2D eigenvalue weighted by Crippen LogP contribution is -2.46. The predicted octanol–water partition coefficient (Wildman–Crippen LogP) is 5.24. The molecule has 1 amide bonds. The van der Waals surface area contributed by atoms with E-state index in [2.05, 4.69) is 22.6 Å². The first-order chi connectivity index (χ1) is 11.3. The number of hydrogen-bond donors (Lipinski definition) is 0. The highest BCUT2D eigenvalue weighted by Gasteiger charge is 2.30. The molecule has 0 saturated heterocycles. The summed E-state index contributed by atoms with van der Waals surface area (Å²) in [5.74, 6) is 0.778. The van der Waals surface area contributed by atoms with E-state index in [-0.39, 0.29) is 12.7 Å². The fourth-order valence-electron chi connectivity index (χ4n) is 2.30. The number of anilines is 1.